The minimum absolute atomic E-state index is 0.0945. The summed E-state index contributed by atoms with van der Waals surface area (Å²) < 4.78 is 12.0. The summed E-state index contributed by atoms with van der Waals surface area (Å²) >= 11 is 0. The van der Waals surface area contributed by atoms with Crippen molar-refractivity contribution >= 4 is 13.1 Å². The highest BCUT2D eigenvalue weighted by molar-refractivity contribution is 6.48. The number of aliphatic carboxylic acids is 1. The molecule has 0 radical (unpaired) electrons. The summed E-state index contributed by atoms with van der Waals surface area (Å²) in [6, 6.07) is 8.93. The van der Waals surface area contributed by atoms with Gasteiger partial charge in [0.05, 0.1) is 29.3 Å². The monoisotopic (exact) mass is 301 g/mol. The summed E-state index contributed by atoms with van der Waals surface area (Å²) in [5.74, 6) is -1.34. The lowest BCUT2D eigenvalue weighted by molar-refractivity contribution is -0.137. The quantitative estimate of drug-likeness (QED) is 0.865. The van der Waals surface area contributed by atoms with E-state index in [2.05, 4.69) is 6.07 Å². The van der Waals surface area contributed by atoms with Crippen LogP contribution in [0.4, 0.5) is 0 Å². The molecule has 0 spiro atoms. The van der Waals surface area contributed by atoms with Crippen LogP contribution >= 0.6 is 0 Å². The molecule has 1 aliphatic rings. The van der Waals surface area contributed by atoms with Crippen LogP contribution in [0.2, 0.25) is 0 Å². The first-order chi connectivity index (χ1) is 10.2. The Morgan fingerprint density at radius 3 is 2.14 bits per heavy atom. The standard InChI is InChI=1S/C16H20BNO4/c1-15(2)16(3,4)22-17(21-15)13(9-14(19)20)12-7-5-11(10-18)6-8-12/h5-8,13H,9H2,1-4H3,(H,19,20). The number of hydrogen-bond acceptors (Lipinski definition) is 4. The van der Waals surface area contributed by atoms with Crippen LogP contribution in [0.5, 0.6) is 0 Å². The average Bonchev–Trinajstić information content (AvgIpc) is 2.64. The lowest BCUT2D eigenvalue weighted by Crippen LogP contribution is -2.41. The molecule has 1 saturated heterocycles. The molecule has 1 aliphatic heterocycles. The summed E-state index contributed by atoms with van der Waals surface area (Å²) in [6.07, 6.45) is -0.0945. The van der Waals surface area contributed by atoms with Crippen molar-refractivity contribution in [3.63, 3.8) is 0 Å². The number of carboxylic acids is 1. The zero-order chi connectivity index (χ0) is 16.5. The molecule has 1 fully saturated rings. The Bertz CT molecular complexity index is 588. The van der Waals surface area contributed by atoms with Crippen LogP contribution in [0.3, 0.4) is 0 Å². The maximum Gasteiger partial charge on any atom is 0.466 e. The number of rotatable bonds is 4. The van der Waals surface area contributed by atoms with Gasteiger partial charge in [-0.15, -0.1) is 0 Å². The van der Waals surface area contributed by atoms with Gasteiger partial charge in [0.1, 0.15) is 0 Å². The molecule has 0 amide bonds. The number of benzene rings is 1. The zero-order valence-corrected chi connectivity index (χ0v) is 13.3. The summed E-state index contributed by atoms with van der Waals surface area (Å²) in [5, 5.41) is 18.1. The molecular formula is C16H20BNO4. The Morgan fingerprint density at radius 2 is 1.73 bits per heavy atom. The van der Waals surface area contributed by atoms with Gasteiger partial charge in [-0.2, -0.15) is 5.26 Å². The molecule has 0 saturated carbocycles. The second-order valence-corrected chi connectivity index (χ2v) is 6.56. The van der Waals surface area contributed by atoms with E-state index in [1.807, 2.05) is 27.7 Å². The number of hydrogen-bond donors (Lipinski definition) is 1. The Kier molecular flexibility index (Phi) is 4.32. The van der Waals surface area contributed by atoms with E-state index in [0.717, 1.165) is 5.56 Å². The van der Waals surface area contributed by atoms with Gasteiger partial charge in [-0.25, -0.2) is 0 Å². The third kappa shape index (κ3) is 3.16. The molecule has 0 bridgehead atoms. The molecule has 22 heavy (non-hydrogen) atoms. The zero-order valence-electron chi connectivity index (χ0n) is 13.3. The molecule has 1 heterocycles. The Morgan fingerprint density at radius 1 is 1.23 bits per heavy atom. The first-order valence-corrected chi connectivity index (χ1v) is 7.24. The van der Waals surface area contributed by atoms with Crippen molar-refractivity contribution in [2.24, 2.45) is 0 Å². The van der Waals surface area contributed by atoms with Crippen molar-refractivity contribution in [3.05, 3.63) is 35.4 Å². The first kappa shape index (κ1) is 16.5. The highest BCUT2D eigenvalue weighted by atomic mass is 16.7. The Hall–Kier alpha value is -1.84. The van der Waals surface area contributed by atoms with Crippen LogP contribution in [0.15, 0.2) is 24.3 Å². The van der Waals surface area contributed by atoms with Gasteiger partial charge in [-0.1, -0.05) is 12.1 Å². The van der Waals surface area contributed by atoms with Crippen molar-refractivity contribution < 1.29 is 19.2 Å². The number of nitriles is 1. The van der Waals surface area contributed by atoms with Crippen LogP contribution in [0.1, 0.15) is 51.1 Å². The molecule has 2 rings (SSSR count). The lowest BCUT2D eigenvalue weighted by Gasteiger charge is -2.32. The van der Waals surface area contributed by atoms with Crippen LogP contribution in [-0.2, 0) is 14.1 Å². The largest absolute Gasteiger partial charge is 0.481 e. The minimum Gasteiger partial charge on any atom is -0.481 e. The lowest BCUT2D eigenvalue weighted by atomic mass is 9.66. The molecule has 1 aromatic carbocycles. The van der Waals surface area contributed by atoms with Crippen molar-refractivity contribution in [1.82, 2.24) is 0 Å². The molecule has 5 nitrogen and oxygen atoms in total. The SMILES string of the molecule is CC1(C)OB(C(CC(=O)O)c2ccc(C#N)cc2)OC1(C)C. The fourth-order valence-corrected chi connectivity index (χ4v) is 2.42. The average molecular weight is 301 g/mol. The molecule has 6 heteroatoms. The van der Waals surface area contributed by atoms with Crippen molar-refractivity contribution in [1.29, 1.82) is 5.26 Å². The highest BCUT2D eigenvalue weighted by Gasteiger charge is 2.54. The van der Waals surface area contributed by atoms with Crippen LogP contribution < -0.4 is 0 Å². The van der Waals surface area contributed by atoms with Crippen molar-refractivity contribution in [2.75, 3.05) is 0 Å². The fraction of sp³-hybridized carbons (Fsp3) is 0.500. The number of carbonyl (C=O) groups is 1. The molecule has 1 unspecified atom stereocenters. The highest BCUT2D eigenvalue weighted by Crippen LogP contribution is 2.41. The number of nitrogens with zero attached hydrogens (tertiary/aromatic N) is 1. The van der Waals surface area contributed by atoms with Gasteiger partial charge in [0, 0.05) is 5.82 Å². The van der Waals surface area contributed by atoms with E-state index in [1.165, 1.54) is 0 Å². The van der Waals surface area contributed by atoms with E-state index in [-0.39, 0.29) is 6.42 Å². The predicted octanol–water partition coefficient (Wildman–Crippen LogP) is 2.75. The predicted molar refractivity (Wildman–Crippen MR) is 82.2 cm³/mol. The van der Waals surface area contributed by atoms with Gasteiger partial charge in [-0.05, 0) is 45.4 Å². The molecular weight excluding hydrogens is 281 g/mol. The molecule has 116 valence electrons. The smallest absolute Gasteiger partial charge is 0.466 e. The summed E-state index contributed by atoms with van der Waals surface area (Å²) in [6.45, 7) is 7.74. The van der Waals surface area contributed by atoms with Gasteiger partial charge in [0.15, 0.2) is 0 Å². The summed E-state index contributed by atoms with van der Waals surface area (Å²) in [4.78, 5) is 11.2. The molecule has 1 atom stereocenters. The Labute approximate surface area is 131 Å². The fourth-order valence-electron chi connectivity index (χ4n) is 2.42. The van der Waals surface area contributed by atoms with Gasteiger partial charge in [-0.3, -0.25) is 4.79 Å². The topological polar surface area (TPSA) is 79.5 Å². The van der Waals surface area contributed by atoms with E-state index in [1.54, 1.807) is 24.3 Å². The molecule has 1 aromatic rings. The Balaban J connectivity index is 2.31. The molecule has 0 aliphatic carbocycles. The van der Waals surface area contributed by atoms with E-state index in [0.29, 0.717) is 5.56 Å². The van der Waals surface area contributed by atoms with Gasteiger partial charge < -0.3 is 14.4 Å². The van der Waals surface area contributed by atoms with Crippen LogP contribution in [0, 0.1) is 11.3 Å². The second-order valence-electron chi connectivity index (χ2n) is 6.56. The third-order valence-corrected chi connectivity index (χ3v) is 4.46. The van der Waals surface area contributed by atoms with Crippen molar-refractivity contribution in [3.8, 4) is 6.07 Å². The summed E-state index contributed by atoms with van der Waals surface area (Å²) in [7, 11) is -0.631. The van der Waals surface area contributed by atoms with Gasteiger partial charge in [0.2, 0.25) is 0 Å². The van der Waals surface area contributed by atoms with E-state index >= 15 is 0 Å². The van der Waals surface area contributed by atoms with Crippen LogP contribution in [0.25, 0.3) is 0 Å². The normalized spacial score (nSPS) is 20.4. The van der Waals surface area contributed by atoms with Crippen LogP contribution in [-0.4, -0.2) is 29.4 Å². The molecule has 1 N–H and O–H groups in total. The van der Waals surface area contributed by atoms with E-state index < -0.39 is 30.1 Å². The number of carboxylic acid groups (broad SMARTS) is 1. The van der Waals surface area contributed by atoms with Crippen molar-refractivity contribution in [2.45, 2.75) is 51.1 Å². The first-order valence-electron chi connectivity index (χ1n) is 7.24. The minimum atomic E-state index is -0.913. The van der Waals surface area contributed by atoms with Gasteiger partial charge >= 0.3 is 13.1 Å². The maximum atomic E-state index is 11.2. The summed E-state index contributed by atoms with van der Waals surface area (Å²) in [5.41, 5.74) is 0.300. The second kappa shape index (κ2) is 5.75. The third-order valence-electron chi connectivity index (χ3n) is 4.46. The van der Waals surface area contributed by atoms with E-state index in [4.69, 9.17) is 14.6 Å². The van der Waals surface area contributed by atoms with E-state index in [9.17, 15) is 9.90 Å². The molecule has 0 aromatic heterocycles. The van der Waals surface area contributed by atoms with Gasteiger partial charge in [0.25, 0.3) is 0 Å². The maximum absolute atomic E-state index is 11.2.